The highest BCUT2D eigenvalue weighted by atomic mass is 16.3. The molecule has 0 aliphatic heterocycles. The summed E-state index contributed by atoms with van der Waals surface area (Å²) in [5.74, 6) is 0.835. The van der Waals surface area contributed by atoms with Gasteiger partial charge in [0.1, 0.15) is 6.33 Å². The van der Waals surface area contributed by atoms with Gasteiger partial charge < -0.3 is 9.73 Å². The maximum Gasteiger partial charge on any atom is 0.290 e. The molecule has 0 spiro atoms. The molecule has 0 fully saturated rings. The summed E-state index contributed by atoms with van der Waals surface area (Å²) in [4.78, 5) is 15.2. The van der Waals surface area contributed by atoms with E-state index in [-0.39, 0.29) is 5.91 Å². The predicted molar refractivity (Wildman–Crippen MR) is 116 cm³/mol. The smallest absolute Gasteiger partial charge is 0.290 e. The first-order valence-corrected chi connectivity index (χ1v) is 9.25. The average molecular weight is 402 g/mol. The average Bonchev–Trinajstić information content (AvgIpc) is 3.53. The number of carbonyl (C=O) groups excluding carboxylic acids is 1. The second-order valence-electron chi connectivity index (χ2n) is 6.14. The Kier molecular flexibility index (Phi) is 6.73. The van der Waals surface area contributed by atoms with Crippen LogP contribution in [0.15, 0.2) is 78.3 Å². The topological polar surface area (TPSA) is 112 Å². The molecule has 3 N–H and O–H groups in total. The molecular weight excluding hydrogens is 380 g/mol. The lowest BCUT2D eigenvalue weighted by molar-refractivity contribution is 0.0943. The van der Waals surface area contributed by atoms with Crippen molar-refractivity contribution in [3.05, 3.63) is 85.4 Å². The highest BCUT2D eigenvalue weighted by Gasteiger charge is 2.09. The van der Waals surface area contributed by atoms with E-state index in [0.717, 1.165) is 33.6 Å². The van der Waals surface area contributed by atoms with Crippen LogP contribution in [0.3, 0.4) is 0 Å². The van der Waals surface area contributed by atoms with E-state index in [1.54, 1.807) is 24.4 Å². The molecule has 0 radical (unpaired) electrons. The van der Waals surface area contributed by atoms with E-state index < -0.39 is 0 Å². The standard InChI is InChI=1S/C14H13N5.C8H9NO2/c1-3-4-9(2)13-11-7-10(14-15-8-16-19-14)5-6-12(11)17-18-13;1-2-5-9-8(10)7-4-3-6-11-7/h3-8H,2H2,1H3,(H,17,18)(H,15,16,19);2-6H,1H3,(H,9,10)/b4-3-;5-2+. The number of aromatic nitrogens is 5. The van der Waals surface area contributed by atoms with E-state index in [9.17, 15) is 4.79 Å². The Morgan fingerprint density at radius 3 is 2.73 bits per heavy atom. The first-order valence-electron chi connectivity index (χ1n) is 9.25. The molecule has 0 aliphatic carbocycles. The minimum absolute atomic E-state index is 0.229. The van der Waals surface area contributed by atoms with E-state index in [1.807, 2.05) is 44.2 Å². The van der Waals surface area contributed by atoms with Crippen molar-refractivity contribution >= 4 is 22.4 Å². The summed E-state index contributed by atoms with van der Waals surface area (Å²) in [5.41, 5.74) is 3.68. The third-order valence-electron chi connectivity index (χ3n) is 4.05. The Bertz CT molecular complexity index is 1170. The van der Waals surface area contributed by atoms with Crippen LogP contribution in [0.5, 0.6) is 0 Å². The summed E-state index contributed by atoms with van der Waals surface area (Å²) in [6, 6.07) is 9.27. The Balaban J connectivity index is 0.000000199. The van der Waals surface area contributed by atoms with Crippen LogP contribution in [0.1, 0.15) is 30.1 Å². The number of allylic oxidation sites excluding steroid dienone is 4. The van der Waals surface area contributed by atoms with Crippen molar-refractivity contribution in [2.24, 2.45) is 0 Å². The van der Waals surface area contributed by atoms with Crippen LogP contribution >= 0.6 is 0 Å². The van der Waals surface area contributed by atoms with Crippen molar-refractivity contribution < 1.29 is 9.21 Å². The number of furan rings is 1. The number of nitrogens with zero attached hydrogens (tertiary/aromatic N) is 3. The van der Waals surface area contributed by atoms with Gasteiger partial charge in [0.25, 0.3) is 5.91 Å². The van der Waals surface area contributed by atoms with Crippen molar-refractivity contribution in [3.8, 4) is 11.4 Å². The van der Waals surface area contributed by atoms with Gasteiger partial charge in [-0.2, -0.15) is 10.2 Å². The summed E-state index contributed by atoms with van der Waals surface area (Å²) >= 11 is 0. The van der Waals surface area contributed by atoms with E-state index >= 15 is 0 Å². The largest absolute Gasteiger partial charge is 0.459 e. The molecule has 8 heteroatoms. The number of fused-ring (bicyclic) bond motifs is 1. The third-order valence-corrected chi connectivity index (χ3v) is 4.05. The lowest BCUT2D eigenvalue weighted by atomic mass is 10.1. The number of aromatic amines is 2. The monoisotopic (exact) mass is 402 g/mol. The lowest BCUT2D eigenvalue weighted by Crippen LogP contribution is -2.15. The fourth-order valence-corrected chi connectivity index (χ4v) is 2.67. The highest BCUT2D eigenvalue weighted by Crippen LogP contribution is 2.26. The molecule has 3 aromatic heterocycles. The first kappa shape index (κ1) is 20.5. The molecule has 0 unspecified atom stereocenters. The highest BCUT2D eigenvalue weighted by molar-refractivity contribution is 5.94. The van der Waals surface area contributed by atoms with Crippen LogP contribution < -0.4 is 5.32 Å². The Labute approximate surface area is 173 Å². The summed E-state index contributed by atoms with van der Waals surface area (Å²) in [6.45, 7) is 7.80. The van der Waals surface area contributed by atoms with E-state index in [2.05, 4.69) is 37.3 Å². The minimum atomic E-state index is -0.229. The summed E-state index contributed by atoms with van der Waals surface area (Å²) < 4.78 is 4.85. The number of hydrogen-bond donors (Lipinski definition) is 3. The number of benzene rings is 1. The Morgan fingerprint density at radius 2 is 2.07 bits per heavy atom. The van der Waals surface area contributed by atoms with Crippen LogP contribution in [0.4, 0.5) is 0 Å². The van der Waals surface area contributed by atoms with Crippen LogP contribution in [-0.2, 0) is 0 Å². The van der Waals surface area contributed by atoms with Crippen molar-refractivity contribution in [1.82, 2.24) is 30.7 Å². The van der Waals surface area contributed by atoms with Crippen molar-refractivity contribution in [2.45, 2.75) is 13.8 Å². The fraction of sp³-hybridized carbons (Fsp3) is 0.0909. The van der Waals surface area contributed by atoms with Crippen molar-refractivity contribution in [3.63, 3.8) is 0 Å². The third kappa shape index (κ3) is 4.79. The summed E-state index contributed by atoms with van der Waals surface area (Å²) in [5, 5.41) is 17.6. The Morgan fingerprint density at radius 1 is 1.20 bits per heavy atom. The molecule has 3 heterocycles. The zero-order valence-electron chi connectivity index (χ0n) is 16.7. The molecule has 0 atom stereocenters. The van der Waals surface area contributed by atoms with E-state index in [1.165, 1.54) is 12.6 Å². The molecule has 4 rings (SSSR count). The molecule has 0 bridgehead atoms. The second-order valence-corrected chi connectivity index (χ2v) is 6.14. The maximum atomic E-state index is 11.0. The zero-order chi connectivity index (χ0) is 21.3. The van der Waals surface area contributed by atoms with Gasteiger partial charge in [-0.25, -0.2) is 4.98 Å². The summed E-state index contributed by atoms with van der Waals surface area (Å²) in [6.07, 6.45) is 10.1. The van der Waals surface area contributed by atoms with Gasteiger partial charge in [0.05, 0.1) is 17.5 Å². The number of carbonyl (C=O) groups is 1. The van der Waals surface area contributed by atoms with Gasteiger partial charge in [-0.15, -0.1) is 0 Å². The van der Waals surface area contributed by atoms with Crippen molar-refractivity contribution in [1.29, 1.82) is 0 Å². The normalized spacial score (nSPS) is 11.0. The fourth-order valence-electron chi connectivity index (χ4n) is 2.67. The molecule has 30 heavy (non-hydrogen) atoms. The molecular formula is C22H22N6O2. The van der Waals surface area contributed by atoms with Gasteiger partial charge in [0.15, 0.2) is 11.6 Å². The van der Waals surface area contributed by atoms with Crippen LogP contribution in [0.2, 0.25) is 0 Å². The SMILES string of the molecule is C/C=C/NC(=O)c1ccco1.C=C(/C=C\C)c1n[nH]c2ccc(-c3ncn[nH]3)cc12. The van der Waals surface area contributed by atoms with Gasteiger partial charge in [0, 0.05) is 10.9 Å². The van der Waals surface area contributed by atoms with Gasteiger partial charge >= 0.3 is 0 Å². The number of hydrogen-bond acceptors (Lipinski definition) is 5. The molecule has 4 aromatic rings. The predicted octanol–water partition coefficient (Wildman–Crippen LogP) is 4.48. The first-order chi connectivity index (χ1) is 14.6. The van der Waals surface area contributed by atoms with Gasteiger partial charge in [0.2, 0.25) is 0 Å². The zero-order valence-corrected chi connectivity index (χ0v) is 16.7. The molecule has 0 saturated carbocycles. The van der Waals surface area contributed by atoms with E-state index in [4.69, 9.17) is 4.42 Å². The van der Waals surface area contributed by atoms with Crippen LogP contribution in [0.25, 0.3) is 27.9 Å². The summed E-state index contributed by atoms with van der Waals surface area (Å²) in [7, 11) is 0. The van der Waals surface area contributed by atoms with Gasteiger partial charge in [-0.05, 0) is 56.0 Å². The van der Waals surface area contributed by atoms with Crippen LogP contribution in [-0.4, -0.2) is 31.3 Å². The van der Waals surface area contributed by atoms with Gasteiger partial charge in [-0.3, -0.25) is 15.0 Å². The molecule has 0 aliphatic rings. The number of nitrogens with one attached hydrogen (secondary N) is 3. The van der Waals surface area contributed by atoms with Gasteiger partial charge in [-0.1, -0.05) is 24.8 Å². The number of H-pyrrole nitrogens is 2. The second kappa shape index (κ2) is 9.83. The number of rotatable bonds is 5. The minimum Gasteiger partial charge on any atom is -0.459 e. The number of amides is 1. The molecule has 8 nitrogen and oxygen atoms in total. The molecule has 1 amide bonds. The van der Waals surface area contributed by atoms with E-state index in [0.29, 0.717) is 5.76 Å². The lowest BCUT2D eigenvalue weighted by Gasteiger charge is -1.99. The maximum absolute atomic E-state index is 11.0. The molecule has 152 valence electrons. The van der Waals surface area contributed by atoms with Crippen molar-refractivity contribution in [2.75, 3.05) is 0 Å². The molecule has 1 aromatic carbocycles. The molecule has 0 saturated heterocycles. The Hall–Kier alpha value is -4.20. The van der Waals surface area contributed by atoms with Crippen LogP contribution in [0, 0.1) is 0 Å². The quantitative estimate of drug-likeness (QED) is 0.426.